The van der Waals surface area contributed by atoms with Gasteiger partial charge in [-0.15, -0.1) is 0 Å². The first-order chi connectivity index (χ1) is 28.7. The molecule has 270 valence electrons. The number of benzene rings is 9. The number of hydrogen-bond acceptors (Lipinski definition) is 5. The van der Waals surface area contributed by atoms with Gasteiger partial charge in [-0.25, -0.2) is 19.9 Å². The second kappa shape index (κ2) is 12.8. The van der Waals surface area contributed by atoms with E-state index in [1.165, 1.54) is 21.8 Å². The van der Waals surface area contributed by atoms with Gasteiger partial charge in [0.15, 0.2) is 23.1 Å². The standard InChI is InChI=1S/C52H31N5O/c1-3-13-33(14-4-1)49-54-50(34-23-27-37(28-24-34)57-44-21-11-9-19-39(44)40-20-10-12-22-45(40)57)56-51(55-49)42-31-36-17-7-8-18-38(36)47-41(42)29-25-32-26-30-43-48(46(32)47)58-52(53-43)35-15-5-2-6-16-35/h1-31H. The Morgan fingerprint density at radius 3 is 1.66 bits per heavy atom. The summed E-state index contributed by atoms with van der Waals surface area (Å²) in [5, 5.41) is 8.84. The quantitative estimate of drug-likeness (QED) is 0.164. The van der Waals surface area contributed by atoms with Crippen LogP contribution in [0.4, 0.5) is 0 Å². The van der Waals surface area contributed by atoms with Crippen molar-refractivity contribution in [3.8, 4) is 51.3 Å². The number of oxazole rings is 1. The van der Waals surface area contributed by atoms with E-state index in [2.05, 4.69) is 126 Å². The molecule has 0 spiro atoms. The maximum absolute atomic E-state index is 6.65. The molecule has 3 heterocycles. The third-order valence-corrected chi connectivity index (χ3v) is 11.3. The summed E-state index contributed by atoms with van der Waals surface area (Å²) in [4.78, 5) is 20.5. The Labute approximate surface area is 332 Å². The highest BCUT2D eigenvalue weighted by Crippen LogP contribution is 2.42. The van der Waals surface area contributed by atoms with E-state index >= 15 is 0 Å². The van der Waals surface area contributed by atoms with Crippen LogP contribution in [0.3, 0.4) is 0 Å². The van der Waals surface area contributed by atoms with Crippen LogP contribution in [-0.2, 0) is 0 Å². The van der Waals surface area contributed by atoms with Crippen molar-refractivity contribution in [1.82, 2.24) is 24.5 Å². The highest BCUT2D eigenvalue weighted by Gasteiger charge is 2.20. The van der Waals surface area contributed by atoms with Gasteiger partial charge in [0.2, 0.25) is 5.89 Å². The smallest absolute Gasteiger partial charge is 0.227 e. The molecule has 0 bridgehead atoms. The minimum Gasteiger partial charge on any atom is -0.435 e. The van der Waals surface area contributed by atoms with Gasteiger partial charge in [0.05, 0.1) is 11.0 Å². The lowest BCUT2D eigenvalue weighted by Crippen LogP contribution is -2.01. The van der Waals surface area contributed by atoms with Crippen LogP contribution in [0, 0.1) is 0 Å². The third kappa shape index (κ3) is 5.05. The SMILES string of the molecule is c1ccc(-c2nc(-c3ccc(-n4c5ccccc5c5ccccc54)cc3)nc(-c3cc4ccccc4c4c3ccc3ccc5nc(-c6ccccc6)oc5c34)n2)cc1. The van der Waals surface area contributed by atoms with Crippen LogP contribution in [0.25, 0.3) is 117 Å². The van der Waals surface area contributed by atoms with Gasteiger partial charge in [-0.05, 0) is 82.2 Å². The second-order valence-corrected chi connectivity index (χ2v) is 14.6. The maximum Gasteiger partial charge on any atom is 0.227 e. The van der Waals surface area contributed by atoms with Gasteiger partial charge < -0.3 is 8.98 Å². The molecule has 12 rings (SSSR count). The van der Waals surface area contributed by atoms with Crippen LogP contribution >= 0.6 is 0 Å². The van der Waals surface area contributed by atoms with Gasteiger partial charge in [0, 0.05) is 49.5 Å². The highest BCUT2D eigenvalue weighted by molar-refractivity contribution is 6.28. The molecule has 58 heavy (non-hydrogen) atoms. The average Bonchev–Trinajstić information content (AvgIpc) is 3.89. The Kier molecular flexibility index (Phi) is 7.13. The Bertz CT molecular complexity index is 3500. The van der Waals surface area contributed by atoms with Gasteiger partial charge in [0.25, 0.3) is 0 Å². The second-order valence-electron chi connectivity index (χ2n) is 14.6. The van der Waals surface area contributed by atoms with Crippen LogP contribution in [0.5, 0.6) is 0 Å². The van der Waals surface area contributed by atoms with Crippen LogP contribution in [0.2, 0.25) is 0 Å². The van der Waals surface area contributed by atoms with Crippen molar-refractivity contribution in [2.24, 2.45) is 0 Å². The van der Waals surface area contributed by atoms with E-state index < -0.39 is 0 Å². The minimum absolute atomic E-state index is 0.597. The van der Waals surface area contributed by atoms with E-state index in [-0.39, 0.29) is 0 Å². The first-order valence-electron chi connectivity index (χ1n) is 19.4. The summed E-state index contributed by atoms with van der Waals surface area (Å²) >= 11 is 0. The molecule has 0 aliphatic rings. The predicted octanol–water partition coefficient (Wildman–Crippen LogP) is 13.2. The van der Waals surface area contributed by atoms with Gasteiger partial charge >= 0.3 is 0 Å². The molecule has 0 saturated heterocycles. The van der Waals surface area contributed by atoms with Crippen molar-refractivity contribution in [3.05, 3.63) is 188 Å². The van der Waals surface area contributed by atoms with E-state index in [1.807, 2.05) is 66.7 Å². The molecule has 0 fully saturated rings. The molecule has 0 amide bonds. The molecule has 0 N–H and O–H groups in total. The van der Waals surface area contributed by atoms with E-state index in [0.717, 1.165) is 71.4 Å². The van der Waals surface area contributed by atoms with Crippen molar-refractivity contribution in [2.45, 2.75) is 0 Å². The lowest BCUT2D eigenvalue weighted by atomic mass is 9.92. The topological polar surface area (TPSA) is 69.6 Å². The number of fused-ring (bicyclic) bond motifs is 10. The molecule has 9 aromatic carbocycles. The zero-order valence-electron chi connectivity index (χ0n) is 31.0. The molecule has 3 aromatic heterocycles. The number of para-hydroxylation sites is 2. The van der Waals surface area contributed by atoms with Gasteiger partial charge in [-0.2, -0.15) is 0 Å². The van der Waals surface area contributed by atoms with Gasteiger partial charge in [-0.3, -0.25) is 0 Å². The zero-order valence-corrected chi connectivity index (χ0v) is 31.0. The lowest BCUT2D eigenvalue weighted by Gasteiger charge is -2.14. The number of aromatic nitrogens is 5. The summed E-state index contributed by atoms with van der Waals surface area (Å²) in [5.74, 6) is 2.41. The summed E-state index contributed by atoms with van der Waals surface area (Å²) in [6.07, 6.45) is 0. The van der Waals surface area contributed by atoms with E-state index in [0.29, 0.717) is 23.4 Å². The monoisotopic (exact) mass is 741 g/mol. The molecule has 0 atom stereocenters. The van der Waals surface area contributed by atoms with E-state index in [9.17, 15) is 0 Å². The van der Waals surface area contributed by atoms with Crippen molar-refractivity contribution in [3.63, 3.8) is 0 Å². The van der Waals surface area contributed by atoms with Crippen LogP contribution < -0.4 is 0 Å². The molecule has 6 nitrogen and oxygen atoms in total. The van der Waals surface area contributed by atoms with Crippen molar-refractivity contribution in [1.29, 1.82) is 0 Å². The third-order valence-electron chi connectivity index (χ3n) is 11.3. The molecule has 0 aliphatic carbocycles. The Balaban J connectivity index is 1.08. The Morgan fingerprint density at radius 1 is 0.379 bits per heavy atom. The number of nitrogens with zero attached hydrogens (tertiary/aromatic N) is 5. The number of rotatable bonds is 5. The largest absolute Gasteiger partial charge is 0.435 e. The van der Waals surface area contributed by atoms with Crippen molar-refractivity contribution >= 4 is 65.2 Å². The Morgan fingerprint density at radius 2 is 0.948 bits per heavy atom. The summed E-state index contributed by atoms with van der Waals surface area (Å²) < 4.78 is 8.98. The van der Waals surface area contributed by atoms with Crippen molar-refractivity contribution < 1.29 is 4.42 Å². The number of hydrogen-bond donors (Lipinski definition) is 0. The van der Waals surface area contributed by atoms with Crippen LogP contribution in [0.1, 0.15) is 0 Å². The summed E-state index contributed by atoms with van der Waals surface area (Å²) in [6, 6.07) is 65.1. The molecule has 12 aromatic rings. The molecule has 6 heteroatoms. The first-order valence-corrected chi connectivity index (χ1v) is 19.4. The van der Waals surface area contributed by atoms with Crippen molar-refractivity contribution in [2.75, 3.05) is 0 Å². The average molecular weight is 742 g/mol. The molecular weight excluding hydrogens is 711 g/mol. The molecular formula is C52H31N5O. The van der Waals surface area contributed by atoms with Gasteiger partial charge in [0.1, 0.15) is 5.52 Å². The highest BCUT2D eigenvalue weighted by atomic mass is 16.3. The first kappa shape index (κ1) is 32.3. The molecule has 0 saturated carbocycles. The fourth-order valence-electron chi connectivity index (χ4n) is 8.57. The normalized spacial score (nSPS) is 11.8. The van der Waals surface area contributed by atoms with Crippen LogP contribution in [0.15, 0.2) is 192 Å². The Hall–Kier alpha value is -7.96. The van der Waals surface area contributed by atoms with Crippen LogP contribution in [-0.4, -0.2) is 24.5 Å². The molecule has 0 aliphatic heterocycles. The van der Waals surface area contributed by atoms with E-state index in [4.69, 9.17) is 24.4 Å². The summed E-state index contributed by atoms with van der Waals surface area (Å²) in [5.41, 5.74) is 8.64. The zero-order chi connectivity index (χ0) is 38.2. The summed E-state index contributed by atoms with van der Waals surface area (Å²) in [6.45, 7) is 0. The predicted molar refractivity (Wildman–Crippen MR) is 236 cm³/mol. The fraction of sp³-hybridized carbons (Fsp3) is 0. The van der Waals surface area contributed by atoms with Gasteiger partial charge in [-0.1, -0.05) is 127 Å². The fourth-order valence-corrected chi connectivity index (χ4v) is 8.57. The molecule has 0 radical (unpaired) electrons. The summed E-state index contributed by atoms with van der Waals surface area (Å²) in [7, 11) is 0. The molecule has 0 unspecified atom stereocenters. The lowest BCUT2D eigenvalue weighted by molar-refractivity contribution is 0.623. The minimum atomic E-state index is 0.597. The maximum atomic E-state index is 6.65. The van der Waals surface area contributed by atoms with E-state index in [1.54, 1.807) is 0 Å².